The van der Waals surface area contributed by atoms with Crippen LogP contribution in [-0.4, -0.2) is 26.9 Å². The predicted octanol–water partition coefficient (Wildman–Crippen LogP) is 4.03. The molecular formula is C20H19ClN4OS. The Labute approximate surface area is 167 Å². The molecule has 0 atom stereocenters. The van der Waals surface area contributed by atoms with Crippen molar-refractivity contribution in [2.75, 3.05) is 6.26 Å². The van der Waals surface area contributed by atoms with E-state index in [0.29, 0.717) is 23.9 Å². The van der Waals surface area contributed by atoms with Gasteiger partial charge in [0.1, 0.15) is 0 Å². The highest BCUT2D eigenvalue weighted by Gasteiger charge is 2.12. The number of hydrogen-bond donors (Lipinski definition) is 1. The van der Waals surface area contributed by atoms with Crippen molar-refractivity contribution in [2.45, 2.75) is 18.2 Å². The minimum Gasteiger partial charge on any atom is -0.345 e. The van der Waals surface area contributed by atoms with Crippen LogP contribution in [-0.2, 0) is 17.9 Å². The fraction of sp³-hybridized carbons (Fsp3) is 0.150. The van der Waals surface area contributed by atoms with Crippen molar-refractivity contribution in [1.29, 1.82) is 0 Å². The lowest BCUT2D eigenvalue weighted by Crippen LogP contribution is -2.23. The Hall–Kier alpha value is -2.57. The first-order valence-electron chi connectivity index (χ1n) is 8.38. The summed E-state index contributed by atoms with van der Waals surface area (Å²) < 4.78 is 2.01. The highest BCUT2D eigenvalue weighted by molar-refractivity contribution is 7.98. The van der Waals surface area contributed by atoms with E-state index in [-0.39, 0.29) is 5.91 Å². The molecule has 7 heteroatoms. The van der Waals surface area contributed by atoms with E-state index in [9.17, 15) is 4.79 Å². The summed E-state index contributed by atoms with van der Waals surface area (Å²) in [5.74, 6) is 0.498. The smallest absolute Gasteiger partial charge is 0.244 e. The Morgan fingerprint density at radius 3 is 2.63 bits per heavy atom. The normalized spacial score (nSPS) is 11.0. The molecule has 0 spiro atoms. The van der Waals surface area contributed by atoms with Crippen LogP contribution in [0.4, 0.5) is 0 Å². The molecule has 3 rings (SSSR count). The molecule has 1 heterocycles. The minimum atomic E-state index is -0.213. The molecule has 0 fully saturated rings. The highest BCUT2D eigenvalue weighted by atomic mass is 35.5. The summed E-state index contributed by atoms with van der Waals surface area (Å²) in [6, 6.07) is 17.5. The van der Waals surface area contributed by atoms with E-state index < -0.39 is 0 Å². The standard InChI is InChI=1S/C20H19ClN4OS/c1-27-20-24-23-18(25(20)14-15-7-3-2-4-8-15)13-22-19(26)12-11-16-9-5-6-10-17(16)21/h2-12H,13-14H2,1H3,(H,22,26)/b12-11+. The lowest BCUT2D eigenvalue weighted by molar-refractivity contribution is -0.116. The van der Waals surface area contributed by atoms with E-state index >= 15 is 0 Å². The number of hydrogen-bond acceptors (Lipinski definition) is 4. The molecule has 0 radical (unpaired) electrons. The van der Waals surface area contributed by atoms with Crippen LogP contribution in [0.2, 0.25) is 5.02 Å². The van der Waals surface area contributed by atoms with Gasteiger partial charge >= 0.3 is 0 Å². The summed E-state index contributed by atoms with van der Waals surface area (Å²) in [5.41, 5.74) is 1.95. The molecule has 1 aromatic heterocycles. The van der Waals surface area contributed by atoms with Crippen LogP contribution in [0, 0.1) is 0 Å². The van der Waals surface area contributed by atoms with Gasteiger partial charge in [0.15, 0.2) is 11.0 Å². The third-order valence-corrected chi connectivity index (χ3v) is 4.91. The van der Waals surface area contributed by atoms with E-state index in [2.05, 4.69) is 27.6 Å². The first-order chi connectivity index (χ1) is 13.2. The van der Waals surface area contributed by atoms with Gasteiger partial charge in [0.05, 0.1) is 13.1 Å². The maximum Gasteiger partial charge on any atom is 0.244 e. The summed E-state index contributed by atoms with van der Waals surface area (Å²) in [6.07, 6.45) is 5.12. The van der Waals surface area contributed by atoms with Gasteiger partial charge in [0, 0.05) is 11.1 Å². The zero-order valence-corrected chi connectivity index (χ0v) is 16.4. The number of thioether (sulfide) groups is 1. The van der Waals surface area contributed by atoms with Gasteiger partial charge in [-0.15, -0.1) is 10.2 Å². The average molecular weight is 399 g/mol. The maximum atomic E-state index is 12.1. The first-order valence-corrected chi connectivity index (χ1v) is 9.98. The van der Waals surface area contributed by atoms with E-state index in [1.807, 2.05) is 47.2 Å². The number of carbonyl (C=O) groups is 1. The number of benzene rings is 2. The summed E-state index contributed by atoms with van der Waals surface area (Å²) in [5, 5.41) is 12.7. The van der Waals surface area contributed by atoms with Crippen LogP contribution in [0.5, 0.6) is 0 Å². The van der Waals surface area contributed by atoms with Crippen molar-refractivity contribution in [3.63, 3.8) is 0 Å². The van der Waals surface area contributed by atoms with Gasteiger partial charge in [-0.25, -0.2) is 0 Å². The van der Waals surface area contributed by atoms with E-state index in [1.165, 1.54) is 17.8 Å². The monoisotopic (exact) mass is 398 g/mol. The molecule has 2 aromatic carbocycles. The maximum absolute atomic E-state index is 12.1. The second kappa shape index (κ2) is 9.39. The van der Waals surface area contributed by atoms with Crippen LogP contribution in [0.25, 0.3) is 6.08 Å². The number of nitrogens with zero attached hydrogens (tertiary/aromatic N) is 3. The van der Waals surface area contributed by atoms with Crippen molar-refractivity contribution in [3.05, 3.63) is 82.6 Å². The van der Waals surface area contributed by atoms with Crippen LogP contribution in [0.3, 0.4) is 0 Å². The SMILES string of the molecule is CSc1nnc(CNC(=O)/C=C/c2ccccc2Cl)n1Cc1ccccc1. The van der Waals surface area contributed by atoms with Gasteiger partial charge in [-0.3, -0.25) is 4.79 Å². The minimum absolute atomic E-state index is 0.213. The molecule has 5 nitrogen and oxygen atoms in total. The molecule has 0 saturated heterocycles. The van der Waals surface area contributed by atoms with Gasteiger partial charge < -0.3 is 9.88 Å². The molecule has 27 heavy (non-hydrogen) atoms. The van der Waals surface area contributed by atoms with Crippen molar-refractivity contribution in [1.82, 2.24) is 20.1 Å². The zero-order valence-electron chi connectivity index (χ0n) is 14.8. The van der Waals surface area contributed by atoms with Gasteiger partial charge in [-0.2, -0.15) is 0 Å². The van der Waals surface area contributed by atoms with Crippen LogP contribution < -0.4 is 5.32 Å². The highest BCUT2D eigenvalue weighted by Crippen LogP contribution is 2.17. The fourth-order valence-corrected chi connectivity index (χ4v) is 3.24. The Morgan fingerprint density at radius 2 is 1.89 bits per heavy atom. The van der Waals surface area contributed by atoms with Crippen LogP contribution in [0.15, 0.2) is 65.8 Å². The third-order valence-electron chi connectivity index (χ3n) is 3.90. The fourth-order valence-electron chi connectivity index (χ4n) is 2.53. The molecule has 3 aromatic rings. The molecule has 0 aliphatic heterocycles. The second-order valence-electron chi connectivity index (χ2n) is 5.75. The largest absolute Gasteiger partial charge is 0.345 e. The van der Waals surface area contributed by atoms with Crippen LogP contribution >= 0.6 is 23.4 Å². The number of amides is 1. The van der Waals surface area contributed by atoms with Crippen molar-refractivity contribution >= 4 is 35.3 Å². The molecule has 0 aliphatic carbocycles. The lowest BCUT2D eigenvalue weighted by Gasteiger charge is -2.09. The Balaban J connectivity index is 1.66. The average Bonchev–Trinajstić information content (AvgIpc) is 3.08. The van der Waals surface area contributed by atoms with Gasteiger partial charge in [-0.05, 0) is 29.5 Å². The molecule has 0 bridgehead atoms. The number of aromatic nitrogens is 3. The van der Waals surface area contributed by atoms with Gasteiger partial charge in [0.25, 0.3) is 0 Å². The van der Waals surface area contributed by atoms with Crippen molar-refractivity contribution in [3.8, 4) is 0 Å². The number of halogens is 1. The molecule has 0 saturated carbocycles. The lowest BCUT2D eigenvalue weighted by atomic mass is 10.2. The molecule has 0 aliphatic rings. The van der Waals surface area contributed by atoms with E-state index in [1.54, 1.807) is 12.1 Å². The molecule has 0 unspecified atom stereocenters. The topological polar surface area (TPSA) is 59.8 Å². The summed E-state index contributed by atoms with van der Waals surface area (Å²) in [7, 11) is 0. The molecular weight excluding hydrogens is 380 g/mol. The summed E-state index contributed by atoms with van der Waals surface area (Å²) in [4.78, 5) is 12.1. The summed E-state index contributed by atoms with van der Waals surface area (Å²) in [6.45, 7) is 0.955. The number of rotatable bonds is 7. The van der Waals surface area contributed by atoms with Crippen molar-refractivity contribution in [2.24, 2.45) is 0 Å². The molecule has 138 valence electrons. The predicted molar refractivity (Wildman–Crippen MR) is 110 cm³/mol. The van der Waals surface area contributed by atoms with E-state index in [4.69, 9.17) is 11.6 Å². The Bertz CT molecular complexity index is 940. The summed E-state index contributed by atoms with van der Waals surface area (Å²) >= 11 is 7.62. The Morgan fingerprint density at radius 1 is 1.15 bits per heavy atom. The molecule has 1 N–H and O–H groups in total. The Kier molecular flexibility index (Phi) is 6.68. The second-order valence-corrected chi connectivity index (χ2v) is 6.93. The number of carbonyl (C=O) groups excluding carboxylic acids is 1. The zero-order chi connectivity index (χ0) is 19.1. The molecule has 1 amide bonds. The van der Waals surface area contributed by atoms with Gasteiger partial charge in [-0.1, -0.05) is 71.9 Å². The van der Waals surface area contributed by atoms with Gasteiger partial charge in [0.2, 0.25) is 5.91 Å². The van der Waals surface area contributed by atoms with Crippen LogP contribution in [0.1, 0.15) is 17.0 Å². The third kappa shape index (κ3) is 5.21. The first kappa shape index (κ1) is 19.2. The number of nitrogens with one attached hydrogen (secondary N) is 1. The quantitative estimate of drug-likeness (QED) is 0.482. The van der Waals surface area contributed by atoms with Crippen molar-refractivity contribution < 1.29 is 4.79 Å². The van der Waals surface area contributed by atoms with E-state index in [0.717, 1.165) is 16.3 Å².